The van der Waals surface area contributed by atoms with Gasteiger partial charge in [-0.05, 0) is 0 Å². The fourth-order valence-corrected chi connectivity index (χ4v) is 0.460. The van der Waals surface area contributed by atoms with Crippen LogP contribution in [0.3, 0.4) is 0 Å². The van der Waals surface area contributed by atoms with E-state index in [4.69, 9.17) is 0 Å². The minimum atomic E-state index is -0.282. The molecule has 1 radical (unpaired) electrons. The van der Waals surface area contributed by atoms with Gasteiger partial charge >= 0.3 is 21.1 Å². The van der Waals surface area contributed by atoms with E-state index in [1.807, 2.05) is 58.0 Å². The molecule has 0 saturated heterocycles. The van der Waals surface area contributed by atoms with E-state index in [9.17, 15) is 4.79 Å². The zero-order chi connectivity index (χ0) is 13.2. The van der Waals surface area contributed by atoms with Crippen LogP contribution in [-0.4, -0.2) is 13.1 Å². The van der Waals surface area contributed by atoms with Gasteiger partial charge in [-0.15, -0.1) is 0 Å². The van der Waals surface area contributed by atoms with E-state index >= 15 is 0 Å². The summed E-state index contributed by atoms with van der Waals surface area (Å²) < 4.78 is 4.20. The zero-order valence-corrected chi connectivity index (χ0v) is 19.0. The van der Waals surface area contributed by atoms with Gasteiger partial charge in [0, 0.05) is 32.7 Å². The smallest absolute Gasteiger partial charge is 0.491 e. The molecule has 0 spiro atoms. The Labute approximate surface area is 160 Å². The Morgan fingerprint density at radius 1 is 1.05 bits per heavy atom. The summed E-state index contributed by atoms with van der Waals surface area (Å²) in [5.41, 5.74) is 0. The molecule has 0 saturated carbocycles. The molecule has 4 heteroatoms. The zero-order valence-electron chi connectivity index (χ0n) is 13.3. The summed E-state index contributed by atoms with van der Waals surface area (Å²) in [5.74, 6) is -0.282. The van der Waals surface area contributed by atoms with Crippen molar-refractivity contribution in [3.05, 3.63) is 50.2 Å². The predicted octanol–water partition coefficient (Wildman–Crippen LogP) is 4.37. The molecule has 0 amide bonds. The number of methoxy groups -OCH3 is 1. The van der Waals surface area contributed by atoms with Gasteiger partial charge in [0.1, 0.15) is 0 Å². The molecule has 109 valence electrons. The molecule has 1 aromatic carbocycles. The molecule has 0 fully saturated rings. The number of carbonyl (C=O) groups excluding carboxylic acids is 1. The second-order valence-electron chi connectivity index (χ2n) is 1.89. The molecule has 0 unspecified atom stereocenters. The summed E-state index contributed by atoms with van der Waals surface area (Å²) in [7, 11) is 1.35. The first-order valence-electron chi connectivity index (χ1n) is 5.59. The SMILES string of the molecule is CC.CC.C[CH-]C(=O)OC.[CH3-].[W+2].[Y].[c-]1ccccc1. The van der Waals surface area contributed by atoms with Gasteiger partial charge in [0.15, 0.2) is 5.97 Å². The van der Waals surface area contributed by atoms with Crippen LogP contribution in [0.4, 0.5) is 0 Å². The van der Waals surface area contributed by atoms with E-state index < -0.39 is 0 Å². The Bertz CT molecular complexity index is 174. The van der Waals surface area contributed by atoms with Gasteiger partial charge in [0.25, 0.3) is 0 Å². The molecule has 19 heavy (non-hydrogen) atoms. The van der Waals surface area contributed by atoms with Crippen molar-refractivity contribution in [3.63, 3.8) is 0 Å². The molecule has 0 atom stereocenters. The topological polar surface area (TPSA) is 26.3 Å². The van der Waals surface area contributed by atoms with Gasteiger partial charge in [0.2, 0.25) is 0 Å². The third-order valence-electron chi connectivity index (χ3n) is 1.04. The van der Waals surface area contributed by atoms with Crippen molar-refractivity contribution in [2.45, 2.75) is 34.6 Å². The van der Waals surface area contributed by atoms with Crippen LogP contribution in [0.2, 0.25) is 0 Å². The van der Waals surface area contributed by atoms with Crippen LogP contribution >= 0.6 is 0 Å². The fraction of sp³-hybridized carbons (Fsp3) is 0.400. The van der Waals surface area contributed by atoms with Crippen molar-refractivity contribution < 1.29 is 63.3 Å². The van der Waals surface area contributed by atoms with Crippen molar-refractivity contribution in [2.24, 2.45) is 0 Å². The van der Waals surface area contributed by atoms with Crippen molar-refractivity contribution in [3.8, 4) is 0 Å². The van der Waals surface area contributed by atoms with E-state index in [1.54, 1.807) is 6.92 Å². The Morgan fingerprint density at radius 2 is 1.42 bits per heavy atom. The Morgan fingerprint density at radius 3 is 1.47 bits per heavy atom. The summed E-state index contributed by atoms with van der Waals surface area (Å²) >= 11 is 0. The average molecular weight is 512 g/mol. The summed E-state index contributed by atoms with van der Waals surface area (Å²) in [4.78, 5) is 9.90. The van der Waals surface area contributed by atoms with Crippen LogP contribution < -0.4 is 0 Å². The molecule has 1 rings (SSSR count). The van der Waals surface area contributed by atoms with Gasteiger partial charge in [-0.1, -0.05) is 27.7 Å². The molecular formula is C15H27O2WY-. The normalized spacial score (nSPS) is 5.37. The third-order valence-corrected chi connectivity index (χ3v) is 1.04. The quantitative estimate of drug-likeness (QED) is 0.413. The second-order valence-corrected chi connectivity index (χ2v) is 1.89. The number of rotatable bonds is 1. The molecule has 1 aromatic rings. The molecule has 0 bridgehead atoms. The average Bonchev–Trinajstić information content (AvgIpc) is 2.45. The van der Waals surface area contributed by atoms with E-state index in [2.05, 4.69) is 10.8 Å². The monoisotopic (exact) mass is 512 g/mol. The maximum atomic E-state index is 9.90. The van der Waals surface area contributed by atoms with Gasteiger partial charge < -0.3 is 12.2 Å². The Balaban J connectivity index is -0.0000000313. The summed E-state index contributed by atoms with van der Waals surface area (Å²) in [6.07, 6.45) is 1.36. The van der Waals surface area contributed by atoms with Gasteiger partial charge in [-0.25, -0.2) is 0 Å². The number of benzene rings is 1. The second kappa shape index (κ2) is 42.9. The standard InChI is InChI=1S/C6H5.C4H7O2.2C2H6.CH3.W.Y/c1-2-4-6-5-3-1;1-3-4(5)6-2;2*1-2;;;/h1-5H;3H,1-2H3;2*1-2H3;1H3;;/q2*-1;;;-1;+2;. The predicted molar refractivity (Wildman–Crippen MR) is 76.4 cm³/mol. The van der Waals surface area contributed by atoms with E-state index in [0.717, 1.165) is 0 Å². The minimum absolute atomic E-state index is 0. The molecule has 0 N–H and O–H groups in total. The first kappa shape index (κ1) is 36.6. The maximum Gasteiger partial charge on any atom is 2.00 e. The van der Waals surface area contributed by atoms with E-state index in [1.165, 1.54) is 13.5 Å². The van der Waals surface area contributed by atoms with Crippen molar-refractivity contribution in [1.82, 2.24) is 0 Å². The molecule has 0 aliphatic carbocycles. The Kier molecular flexibility index (Phi) is 82.5. The first-order valence-corrected chi connectivity index (χ1v) is 5.59. The van der Waals surface area contributed by atoms with Crippen molar-refractivity contribution in [1.29, 1.82) is 0 Å². The van der Waals surface area contributed by atoms with Crippen LogP contribution in [0.5, 0.6) is 0 Å². The van der Waals surface area contributed by atoms with Gasteiger partial charge in [-0.2, -0.15) is 43.3 Å². The fourth-order valence-electron chi connectivity index (χ4n) is 0.460. The number of ether oxygens (including phenoxy) is 1. The number of esters is 1. The van der Waals surface area contributed by atoms with Crippen LogP contribution in [0, 0.1) is 19.9 Å². The summed E-state index contributed by atoms with van der Waals surface area (Å²) in [6, 6.07) is 12.5. The van der Waals surface area contributed by atoms with E-state index in [-0.39, 0.29) is 67.2 Å². The Hall–Kier alpha value is 0.352. The molecule has 0 aliphatic heterocycles. The van der Waals surface area contributed by atoms with Crippen LogP contribution in [0.25, 0.3) is 0 Å². The molecule has 0 aromatic heterocycles. The summed E-state index contributed by atoms with van der Waals surface area (Å²) in [5, 5.41) is 0. The number of carbonyl (C=O) groups is 1. The van der Waals surface area contributed by atoms with Crippen LogP contribution in [0.1, 0.15) is 34.6 Å². The van der Waals surface area contributed by atoms with Crippen molar-refractivity contribution in [2.75, 3.05) is 7.11 Å². The number of hydrogen-bond donors (Lipinski definition) is 0. The number of hydrogen-bond acceptors (Lipinski definition) is 2. The summed E-state index contributed by atoms with van der Waals surface area (Å²) in [6.45, 7) is 9.63. The van der Waals surface area contributed by atoms with Crippen molar-refractivity contribution >= 4 is 5.97 Å². The largest absolute Gasteiger partial charge is 2.00 e. The molecule has 2 nitrogen and oxygen atoms in total. The van der Waals surface area contributed by atoms with Gasteiger partial charge in [0.05, 0.1) is 7.11 Å². The van der Waals surface area contributed by atoms with Gasteiger partial charge in [-0.3, -0.25) is 11.2 Å². The van der Waals surface area contributed by atoms with Crippen LogP contribution in [-0.2, 0) is 63.3 Å². The molecule has 0 heterocycles. The van der Waals surface area contributed by atoms with Crippen LogP contribution in [0.15, 0.2) is 30.3 Å². The third kappa shape index (κ3) is 45.8. The molecule has 0 aliphatic rings. The van der Waals surface area contributed by atoms with E-state index in [0.29, 0.717) is 0 Å². The maximum absolute atomic E-state index is 9.90. The minimum Gasteiger partial charge on any atom is -0.491 e. The molecular weight excluding hydrogens is 485 g/mol. The first-order chi connectivity index (χ1) is 7.81.